The van der Waals surface area contributed by atoms with Crippen LogP contribution in [0.15, 0.2) is 11.2 Å². The van der Waals surface area contributed by atoms with Crippen LogP contribution < -0.4 is 5.73 Å². The van der Waals surface area contributed by atoms with Gasteiger partial charge in [0.2, 0.25) is 5.91 Å². The van der Waals surface area contributed by atoms with Crippen molar-refractivity contribution < 1.29 is 9.53 Å². The second-order valence-electron chi connectivity index (χ2n) is 5.85. The van der Waals surface area contributed by atoms with Crippen molar-refractivity contribution in [3.63, 3.8) is 0 Å². The predicted octanol–water partition coefficient (Wildman–Crippen LogP) is 1.63. The van der Waals surface area contributed by atoms with Crippen molar-refractivity contribution in [2.45, 2.75) is 49.9 Å². The van der Waals surface area contributed by atoms with Crippen LogP contribution in [0.25, 0.3) is 0 Å². The van der Waals surface area contributed by atoms with E-state index in [-0.39, 0.29) is 18.1 Å². The summed E-state index contributed by atoms with van der Waals surface area (Å²) in [7, 11) is 0. The minimum absolute atomic E-state index is 0.147. The number of nitrogens with two attached hydrogens (primary N) is 1. The smallest absolute Gasteiger partial charge is 0.233 e. The van der Waals surface area contributed by atoms with E-state index in [0.29, 0.717) is 29.9 Å². The average molecular weight is 322 g/mol. The molecule has 0 spiro atoms. The molecule has 1 aromatic rings. The molecule has 1 saturated heterocycles. The Hall–Kier alpha value is -1.34. The SMILES string of the molecule is Cc1cc(N)nc(SCC(=O)N2CCO[C@@H]3CCCC[C@H]32)n1. The molecule has 1 saturated carbocycles. The van der Waals surface area contributed by atoms with Crippen LogP contribution in [0.3, 0.4) is 0 Å². The second kappa shape index (κ2) is 6.83. The summed E-state index contributed by atoms with van der Waals surface area (Å²) in [4.78, 5) is 23.0. The van der Waals surface area contributed by atoms with Crippen molar-refractivity contribution in [3.8, 4) is 0 Å². The monoisotopic (exact) mass is 322 g/mol. The maximum atomic E-state index is 12.6. The van der Waals surface area contributed by atoms with Gasteiger partial charge < -0.3 is 15.4 Å². The van der Waals surface area contributed by atoms with E-state index in [1.165, 1.54) is 24.6 Å². The molecule has 2 heterocycles. The Balaban J connectivity index is 1.61. The van der Waals surface area contributed by atoms with E-state index in [1.54, 1.807) is 6.07 Å². The lowest BCUT2D eigenvalue weighted by molar-refractivity contribution is -0.146. The largest absolute Gasteiger partial charge is 0.384 e. The molecule has 120 valence electrons. The highest BCUT2D eigenvalue weighted by atomic mass is 32.2. The molecule has 1 aromatic heterocycles. The number of rotatable bonds is 3. The number of aromatic nitrogens is 2. The number of carbonyl (C=O) groups excluding carboxylic acids is 1. The Kier molecular flexibility index (Phi) is 4.83. The second-order valence-corrected chi connectivity index (χ2v) is 6.80. The summed E-state index contributed by atoms with van der Waals surface area (Å²) in [6, 6.07) is 1.97. The number of carbonyl (C=O) groups is 1. The number of amides is 1. The number of thioether (sulfide) groups is 1. The Morgan fingerprint density at radius 2 is 2.27 bits per heavy atom. The van der Waals surface area contributed by atoms with Gasteiger partial charge in [0.05, 0.1) is 24.5 Å². The summed E-state index contributed by atoms with van der Waals surface area (Å²) in [5, 5.41) is 0.569. The van der Waals surface area contributed by atoms with Crippen LogP contribution in [0.2, 0.25) is 0 Å². The van der Waals surface area contributed by atoms with Crippen LogP contribution in [0.1, 0.15) is 31.4 Å². The topological polar surface area (TPSA) is 81.3 Å². The predicted molar refractivity (Wildman–Crippen MR) is 85.6 cm³/mol. The zero-order valence-electron chi connectivity index (χ0n) is 12.8. The van der Waals surface area contributed by atoms with Crippen molar-refractivity contribution in [1.29, 1.82) is 0 Å². The van der Waals surface area contributed by atoms with Gasteiger partial charge in [0.1, 0.15) is 5.82 Å². The third kappa shape index (κ3) is 3.52. The molecule has 2 N–H and O–H groups in total. The van der Waals surface area contributed by atoms with Crippen molar-refractivity contribution >= 4 is 23.5 Å². The number of nitrogen functional groups attached to an aromatic ring is 1. The van der Waals surface area contributed by atoms with Crippen molar-refractivity contribution in [2.24, 2.45) is 0 Å². The van der Waals surface area contributed by atoms with Gasteiger partial charge in [0, 0.05) is 18.3 Å². The number of nitrogens with zero attached hydrogens (tertiary/aromatic N) is 3. The highest BCUT2D eigenvalue weighted by Crippen LogP contribution is 2.29. The summed E-state index contributed by atoms with van der Waals surface area (Å²) >= 11 is 1.36. The lowest BCUT2D eigenvalue weighted by Crippen LogP contribution is -2.55. The Bertz CT molecular complexity index is 532. The van der Waals surface area contributed by atoms with Crippen LogP contribution in [-0.4, -0.2) is 51.8 Å². The van der Waals surface area contributed by atoms with Crippen LogP contribution in [0, 0.1) is 6.92 Å². The van der Waals surface area contributed by atoms with Crippen molar-refractivity contribution in [1.82, 2.24) is 14.9 Å². The molecule has 0 unspecified atom stereocenters. The highest BCUT2D eigenvalue weighted by Gasteiger charge is 2.36. The zero-order chi connectivity index (χ0) is 15.5. The molecule has 22 heavy (non-hydrogen) atoms. The molecule has 7 heteroatoms. The minimum atomic E-state index is 0.147. The van der Waals surface area contributed by atoms with E-state index in [0.717, 1.165) is 18.5 Å². The molecule has 6 nitrogen and oxygen atoms in total. The van der Waals surface area contributed by atoms with Crippen LogP contribution in [0.4, 0.5) is 5.82 Å². The number of anilines is 1. The molecule has 1 aliphatic carbocycles. The third-order valence-electron chi connectivity index (χ3n) is 4.23. The van der Waals surface area contributed by atoms with Crippen molar-refractivity contribution in [3.05, 3.63) is 11.8 Å². The lowest BCUT2D eigenvalue weighted by Gasteiger charge is -2.43. The van der Waals surface area contributed by atoms with Gasteiger partial charge in [-0.05, 0) is 19.8 Å². The van der Waals surface area contributed by atoms with Crippen LogP contribution in [-0.2, 0) is 9.53 Å². The van der Waals surface area contributed by atoms with E-state index in [1.807, 2.05) is 11.8 Å². The first kappa shape index (κ1) is 15.6. The molecule has 0 radical (unpaired) electrons. The normalized spacial score (nSPS) is 24.9. The Morgan fingerprint density at radius 3 is 3.09 bits per heavy atom. The maximum absolute atomic E-state index is 12.6. The van der Waals surface area contributed by atoms with Crippen molar-refractivity contribution in [2.75, 3.05) is 24.6 Å². The first-order chi connectivity index (χ1) is 10.6. The summed E-state index contributed by atoms with van der Waals surface area (Å²) < 4.78 is 5.81. The molecule has 1 amide bonds. The molecular formula is C15H22N4O2S. The minimum Gasteiger partial charge on any atom is -0.384 e. The van der Waals surface area contributed by atoms with Gasteiger partial charge in [0.15, 0.2) is 5.16 Å². The average Bonchev–Trinajstić information content (AvgIpc) is 2.51. The summed E-state index contributed by atoms with van der Waals surface area (Å²) in [6.45, 7) is 3.21. The molecule has 2 aliphatic rings. The molecular weight excluding hydrogens is 300 g/mol. The standard InChI is InChI=1S/C15H22N4O2S/c1-10-8-13(16)18-15(17-10)22-9-14(20)19-6-7-21-12-5-3-2-4-11(12)19/h8,11-12H,2-7,9H2,1H3,(H2,16,17,18)/t11-,12-/m1/s1. The lowest BCUT2D eigenvalue weighted by atomic mass is 9.90. The number of hydrogen-bond acceptors (Lipinski definition) is 6. The number of ether oxygens (including phenoxy) is 1. The Labute approximate surface area is 134 Å². The molecule has 2 fully saturated rings. The quantitative estimate of drug-likeness (QED) is 0.673. The third-order valence-corrected chi connectivity index (χ3v) is 5.06. The fraction of sp³-hybridized carbons (Fsp3) is 0.667. The molecule has 0 aromatic carbocycles. The molecule has 1 aliphatic heterocycles. The van der Waals surface area contributed by atoms with E-state index < -0.39 is 0 Å². The summed E-state index contributed by atoms with van der Waals surface area (Å²) in [5.41, 5.74) is 6.54. The van der Waals surface area contributed by atoms with Gasteiger partial charge in [-0.15, -0.1) is 0 Å². The van der Waals surface area contributed by atoms with Gasteiger partial charge in [-0.3, -0.25) is 4.79 Å². The number of morpholine rings is 1. The maximum Gasteiger partial charge on any atom is 0.233 e. The van der Waals surface area contributed by atoms with Crippen LogP contribution in [0.5, 0.6) is 0 Å². The summed E-state index contributed by atoms with van der Waals surface area (Å²) in [5.74, 6) is 0.946. The number of aryl methyl sites for hydroxylation is 1. The molecule has 2 atom stereocenters. The van der Waals surface area contributed by atoms with E-state index in [9.17, 15) is 4.79 Å². The molecule has 0 bridgehead atoms. The number of hydrogen-bond donors (Lipinski definition) is 1. The van der Waals surface area contributed by atoms with Gasteiger partial charge >= 0.3 is 0 Å². The highest BCUT2D eigenvalue weighted by molar-refractivity contribution is 7.99. The molecule has 3 rings (SSSR count). The van der Waals surface area contributed by atoms with Crippen LogP contribution >= 0.6 is 11.8 Å². The summed E-state index contributed by atoms with van der Waals surface area (Å²) in [6.07, 6.45) is 4.73. The van der Waals surface area contributed by atoms with Gasteiger partial charge in [0.25, 0.3) is 0 Å². The zero-order valence-corrected chi connectivity index (χ0v) is 13.6. The fourth-order valence-corrected chi connectivity index (χ4v) is 4.04. The fourth-order valence-electron chi connectivity index (χ4n) is 3.24. The Morgan fingerprint density at radius 1 is 1.45 bits per heavy atom. The first-order valence-electron chi connectivity index (χ1n) is 7.78. The number of fused-ring (bicyclic) bond motifs is 1. The van der Waals surface area contributed by atoms with Gasteiger partial charge in [-0.25, -0.2) is 9.97 Å². The van der Waals surface area contributed by atoms with E-state index in [2.05, 4.69) is 9.97 Å². The van der Waals surface area contributed by atoms with Gasteiger partial charge in [-0.2, -0.15) is 0 Å². The first-order valence-corrected chi connectivity index (χ1v) is 8.77. The van der Waals surface area contributed by atoms with E-state index >= 15 is 0 Å². The van der Waals surface area contributed by atoms with E-state index in [4.69, 9.17) is 10.5 Å². The van der Waals surface area contributed by atoms with Gasteiger partial charge in [-0.1, -0.05) is 24.6 Å².